The lowest BCUT2D eigenvalue weighted by molar-refractivity contribution is 0.0956. The van der Waals surface area contributed by atoms with E-state index in [0.717, 1.165) is 11.3 Å². The average molecular weight is 268 g/mol. The third kappa shape index (κ3) is 5.16. The molecule has 4 heteroatoms. The van der Waals surface area contributed by atoms with Crippen LogP contribution in [0.3, 0.4) is 0 Å². The minimum Gasteiger partial charge on any atom is -0.351 e. The molecular formula is C13H14ClNOS. The van der Waals surface area contributed by atoms with Crippen LogP contribution in [0.2, 0.25) is 0 Å². The van der Waals surface area contributed by atoms with Crippen molar-refractivity contribution >= 4 is 29.3 Å². The highest BCUT2D eigenvalue weighted by Gasteiger charge is 2.03. The van der Waals surface area contributed by atoms with Crippen molar-refractivity contribution in [2.75, 3.05) is 18.1 Å². The molecule has 0 heterocycles. The predicted molar refractivity (Wildman–Crippen MR) is 74.5 cm³/mol. The van der Waals surface area contributed by atoms with Crippen LogP contribution < -0.4 is 5.32 Å². The van der Waals surface area contributed by atoms with Gasteiger partial charge >= 0.3 is 0 Å². The summed E-state index contributed by atoms with van der Waals surface area (Å²) >= 11 is 7.30. The van der Waals surface area contributed by atoms with Gasteiger partial charge in [-0.25, -0.2) is 0 Å². The molecule has 0 aliphatic heterocycles. The third-order valence-corrected chi connectivity index (χ3v) is 3.26. The van der Waals surface area contributed by atoms with E-state index < -0.39 is 0 Å². The minimum atomic E-state index is -0.0626. The van der Waals surface area contributed by atoms with Crippen LogP contribution in [0.25, 0.3) is 0 Å². The summed E-state index contributed by atoms with van der Waals surface area (Å²) in [5, 5.41) is 2.83. The van der Waals surface area contributed by atoms with Crippen molar-refractivity contribution in [3.05, 3.63) is 35.4 Å². The summed E-state index contributed by atoms with van der Waals surface area (Å²) in [4.78, 5) is 11.7. The molecule has 0 aliphatic carbocycles. The number of hydrogen-bond donors (Lipinski definition) is 1. The van der Waals surface area contributed by atoms with Crippen molar-refractivity contribution < 1.29 is 4.79 Å². The van der Waals surface area contributed by atoms with Gasteiger partial charge < -0.3 is 5.32 Å². The van der Waals surface area contributed by atoms with E-state index in [9.17, 15) is 4.79 Å². The zero-order valence-electron chi connectivity index (χ0n) is 9.41. The number of alkyl halides is 1. The largest absolute Gasteiger partial charge is 0.351 e. The van der Waals surface area contributed by atoms with Crippen molar-refractivity contribution in [2.24, 2.45) is 0 Å². The summed E-state index contributed by atoms with van der Waals surface area (Å²) in [5.41, 5.74) is 1.66. The van der Waals surface area contributed by atoms with Gasteiger partial charge in [0.15, 0.2) is 0 Å². The van der Waals surface area contributed by atoms with E-state index in [-0.39, 0.29) is 5.91 Å². The Bertz CT molecular complexity index is 397. The molecule has 2 nitrogen and oxygen atoms in total. The molecule has 0 atom stereocenters. The number of nitrogens with one attached hydrogen (secondary N) is 1. The number of hydrogen-bond acceptors (Lipinski definition) is 2. The lowest BCUT2D eigenvalue weighted by atomic mass is 10.1. The highest BCUT2D eigenvalue weighted by atomic mass is 35.5. The second kappa shape index (κ2) is 8.05. The first kappa shape index (κ1) is 14.0. The Balaban J connectivity index is 2.34. The molecule has 0 bridgehead atoms. The molecule has 0 radical (unpaired) electrons. The molecule has 90 valence electrons. The zero-order chi connectivity index (χ0) is 12.5. The van der Waals surface area contributed by atoms with E-state index in [1.54, 1.807) is 23.9 Å². The maximum Gasteiger partial charge on any atom is 0.251 e. The molecule has 1 rings (SSSR count). The van der Waals surface area contributed by atoms with Gasteiger partial charge in [-0.3, -0.25) is 4.79 Å². The first-order chi connectivity index (χ1) is 8.27. The Morgan fingerprint density at radius 2 is 2.12 bits per heavy atom. The van der Waals surface area contributed by atoms with Crippen LogP contribution in [-0.4, -0.2) is 24.0 Å². The van der Waals surface area contributed by atoms with Crippen LogP contribution >= 0.6 is 23.4 Å². The summed E-state index contributed by atoms with van der Waals surface area (Å²) < 4.78 is 0. The summed E-state index contributed by atoms with van der Waals surface area (Å²) in [7, 11) is 0. The summed E-state index contributed by atoms with van der Waals surface area (Å²) in [5.74, 6) is 4.45. The van der Waals surface area contributed by atoms with Gasteiger partial charge in [0.05, 0.1) is 5.75 Å². The summed E-state index contributed by atoms with van der Waals surface area (Å²) in [6.07, 6.45) is 5.12. The molecule has 0 aliphatic rings. The minimum absolute atomic E-state index is 0.0626. The van der Waals surface area contributed by atoms with Gasteiger partial charge in [0.2, 0.25) is 0 Å². The smallest absolute Gasteiger partial charge is 0.251 e. The lowest BCUT2D eigenvalue weighted by Crippen LogP contribution is -2.25. The Hall–Kier alpha value is -1.11. The molecule has 0 aromatic heterocycles. The molecule has 0 saturated heterocycles. The fourth-order valence-corrected chi connectivity index (χ4v) is 1.90. The molecule has 0 saturated carbocycles. The maximum atomic E-state index is 11.7. The van der Waals surface area contributed by atoms with Crippen molar-refractivity contribution in [2.45, 2.75) is 5.88 Å². The maximum absolute atomic E-state index is 11.7. The van der Waals surface area contributed by atoms with Crippen molar-refractivity contribution in [3.63, 3.8) is 0 Å². The normalized spacial score (nSPS) is 9.65. The molecule has 0 fully saturated rings. The molecular weight excluding hydrogens is 254 g/mol. The number of terminal acetylenes is 1. The quantitative estimate of drug-likeness (QED) is 0.488. The topological polar surface area (TPSA) is 29.1 Å². The van der Waals surface area contributed by atoms with E-state index in [2.05, 4.69) is 11.2 Å². The average Bonchev–Trinajstić information content (AvgIpc) is 2.38. The van der Waals surface area contributed by atoms with E-state index >= 15 is 0 Å². The van der Waals surface area contributed by atoms with Gasteiger partial charge in [0, 0.05) is 23.7 Å². The molecule has 1 aromatic rings. The molecule has 0 unspecified atom stereocenters. The Kier molecular flexibility index (Phi) is 6.61. The van der Waals surface area contributed by atoms with Crippen molar-refractivity contribution in [3.8, 4) is 12.3 Å². The standard InChI is InChI=1S/C13H14ClNOS/c1-2-8-17-9-7-15-13(16)12-5-3-11(10-14)4-6-12/h1,3-6H,7-10H2,(H,15,16). The Labute approximate surface area is 111 Å². The monoisotopic (exact) mass is 267 g/mol. The number of rotatable bonds is 6. The first-order valence-corrected chi connectivity index (χ1v) is 6.91. The fourth-order valence-electron chi connectivity index (χ4n) is 1.22. The van der Waals surface area contributed by atoms with Crippen LogP contribution in [0.4, 0.5) is 0 Å². The fraction of sp³-hybridized carbons (Fsp3) is 0.308. The highest BCUT2D eigenvalue weighted by molar-refractivity contribution is 7.99. The molecule has 1 aromatic carbocycles. The number of benzene rings is 1. The second-order valence-corrected chi connectivity index (χ2v) is 4.72. The summed E-state index contributed by atoms with van der Waals surface area (Å²) in [6, 6.07) is 7.27. The molecule has 0 spiro atoms. The molecule has 1 amide bonds. The van der Waals surface area contributed by atoms with Crippen LogP contribution in [0.5, 0.6) is 0 Å². The van der Waals surface area contributed by atoms with Gasteiger partial charge in [0.1, 0.15) is 0 Å². The second-order valence-electron chi connectivity index (χ2n) is 3.34. The van der Waals surface area contributed by atoms with Crippen LogP contribution in [0, 0.1) is 12.3 Å². The summed E-state index contributed by atoms with van der Waals surface area (Å²) in [6.45, 7) is 0.627. The SMILES string of the molecule is C#CCSCCNC(=O)c1ccc(CCl)cc1. The number of halogens is 1. The lowest BCUT2D eigenvalue weighted by Gasteiger charge is -2.04. The predicted octanol–water partition coefficient (Wildman–Crippen LogP) is 2.52. The Morgan fingerprint density at radius 1 is 1.41 bits per heavy atom. The van der Waals surface area contributed by atoms with Gasteiger partial charge in [0.25, 0.3) is 5.91 Å². The first-order valence-electron chi connectivity index (χ1n) is 5.22. The number of amides is 1. The van der Waals surface area contributed by atoms with E-state index in [0.29, 0.717) is 23.7 Å². The van der Waals surface area contributed by atoms with Crippen LogP contribution in [0.1, 0.15) is 15.9 Å². The number of carbonyl (C=O) groups excluding carboxylic acids is 1. The van der Waals surface area contributed by atoms with Crippen molar-refractivity contribution in [1.29, 1.82) is 0 Å². The number of carbonyl (C=O) groups is 1. The van der Waals surface area contributed by atoms with Gasteiger partial charge in [-0.05, 0) is 17.7 Å². The third-order valence-electron chi connectivity index (χ3n) is 2.09. The van der Waals surface area contributed by atoms with Gasteiger partial charge in [-0.1, -0.05) is 18.1 Å². The zero-order valence-corrected chi connectivity index (χ0v) is 11.0. The van der Waals surface area contributed by atoms with E-state index in [4.69, 9.17) is 18.0 Å². The number of thioether (sulfide) groups is 1. The van der Waals surface area contributed by atoms with E-state index in [1.807, 2.05) is 12.1 Å². The van der Waals surface area contributed by atoms with Gasteiger partial charge in [-0.15, -0.1) is 29.8 Å². The van der Waals surface area contributed by atoms with E-state index in [1.165, 1.54) is 0 Å². The van der Waals surface area contributed by atoms with Crippen molar-refractivity contribution in [1.82, 2.24) is 5.32 Å². The Morgan fingerprint density at radius 3 is 2.71 bits per heavy atom. The van der Waals surface area contributed by atoms with Gasteiger partial charge in [-0.2, -0.15) is 0 Å². The van der Waals surface area contributed by atoms with Crippen LogP contribution in [-0.2, 0) is 5.88 Å². The molecule has 17 heavy (non-hydrogen) atoms. The highest BCUT2D eigenvalue weighted by Crippen LogP contribution is 2.06. The van der Waals surface area contributed by atoms with Crippen LogP contribution in [0.15, 0.2) is 24.3 Å². The molecule has 1 N–H and O–H groups in total.